The van der Waals surface area contributed by atoms with Gasteiger partial charge in [0.05, 0.1) is 6.61 Å². The number of hydrogen-bond acceptors (Lipinski definition) is 3. The summed E-state index contributed by atoms with van der Waals surface area (Å²) in [5.41, 5.74) is 6.58. The van der Waals surface area contributed by atoms with Crippen molar-refractivity contribution in [1.29, 1.82) is 0 Å². The highest BCUT2D eigenvalue weighted by Gasteiger charge is 2.16. The molecule has 0 saturated heterocycles. The Labute approximate surface area is 121 Å². The van der Waals surface area contributed by atoms with Crippen LogP contribution < -0.4 is 5.73 Å². The van der Waals surface area contributed by atoms with Crippen LogP contribution in [0, 0.1) is 0 Å². The van der Waals surface area contributed by atoms with Gasteiger partial charge in [-0.2, -0.15) is 0 Å². The standard InChI is InChI=1S/C12H14Cl3NO2/c1-2-18-11(17)4-3-10(16)12-8(14)5-7(13)6-9(12)15/h5-6,10H,2-4,16H2,1H3. The van der Waals surface area contributed by atoms with E-state index in [1.54, 1.807) is 19.1 Å². The second-order valence-corrected chi connectivity index (χ2v) is 4.98. The van der Waals surface area contributed by atoms with Gasteiger partial charge in [-0.05, 0) is 25.5 Å². The Morgan fingerprint density at radius 3 is 2.39 bits per heavy atom. The maximum Gasteiger partial charge on any atom is 0.305 e. The molecule has 0 aliphatic rings. The van der Waals surface area contributed by atoms with E-state index in [0.717, 1.165) is 0 Å². The van der Waals surface area contributed by atoms with Crippen LogP contribution in [-0.2, 0) is 9.53 Å². The van der Waals surface area contributed by atoms with Crippen molar-refractivity contribution in [2.45, 2.75) is 25.8 Å². The first-order valence-electron chi connectivity index (χ1n) is 5.51. The Hall–Kier alpha value is -0.480. The number of carbonyl (C=O) groups excluding carboxylic acids is 1. The van der Waals surface area contributed by atoms with Crippen molar-refractivity contribution in [2.75, 3.05) is 6.61 Å². The lowest BCUT2D eigenvalue weighted by atomic mass is 10.0. The molecule has 0 aromatic heterocycles. The zero-order valence-corrected chi connectivity index (χ0v) is 12.1. The number of hydrogen-bond donors (Lipinski definition) is 1. The van der Waals surface area contributed by atoms with Gasteiger partial charge in [0.25, 0.3) is 0 Å². The fraction of sp³-hybridized carbons (Fsp3) is 0.417. The summed E-state index contributed by atoms with van der Waals surface area (Å²) in [5.74, 6) is -0.283. The molecule has 0 fully saturated rings. The molecule has 0 aliphatic heterocycles. The van der Waals surface area contributed by atoms with Crippen LogP contribution in [0.4, 0.5) is 0 Å². The number of carbonyl (C=O) groups is 1. The number of nitrogens with two attached hydrogens (primary N) is 1. The molecular weight excluding hydrogens is 296 g/mol. The average molecular weight is 311 g/mol. The molecule has 1 aromatic carbocycles. The van der Waals surface area contributed by atoms with Gasteiger partial charge >= 0.3 is 5.97 Å². The highest BCUT2D eigenvalue weighted by Crippen LogP contribution is 2.34. The van der Waals surface area contributed by atoms with Crippen LogP contribution in [0.15, 0.2) is 12.1 Å². The third-order valence-corrected chi connectivity index (χ3v) is 3.22. The molecule has 3 nitrogen and oxygen atoms in total. The van der Waals surface area contributed by atoms with Gasteiger partial charge < -0.3 is 10.5 Å². The lowest BCUT2D eigenvalue weighted by Gasteiger charge is -2.15. The van der Waals surface area contributed by atoms with Crippen molar-refractivity contribution in [1.82, 2.24) is 0 Å². The van der Waals surface area contributed by atoms with E-state index in [2.05, 4.69) is 0 Å². The van der Waals surface area contributed by atoms with E-state index in [1.165, 1.54) is 0 Å². The molecule has 1 unspecified atom stereocenters. The van der Waals surface area contributed by atoms with Crippen molar-refractivity contribution in [3.05, 3.63) is 32.8 Å². The van der Waals surface area contributed by atoms with Gasteiger partial charge in [-0.15, -0.1) is 0 Å². The molecule has 0 heterocycles. The summed E-state index contributed by atoms with van der Waals surface area (Å²) in [7, 11) is 0. The minimum atomic E-state index is -0.424. The van der Waals surface area contributed by atoms with E-state index < -0.39 is 6.04 Å². The summed E-state index contributed by atoms with van der Waals surface area (Å²) < 4.78 is 4.83. The molecule has 1 aromatic rings. The van der Waals surface area contributed by atoms with Crippen molar-refractivity contribution >= 4 is 40.8 Å². The Balaban J connectivity index is 2.73. The molecule has 1 rings (SSSR count). The monoisotopic (exact) mass is 309 g/mol. The first-order chi connectivity index (χ1) is 8.45. The van der Waals surface area contributed by atoms with Crippen LogP contribution in [0.1, 0.15) is 31.4 Å². The molecule has 100 valence electrons. The fourth-order valence-electron chi connectivity index (χ4n) is 1.56. The molecule has 0 radical (unpaired) electrons. The Kier molecular flexibility index (Phi) is 6.22. The second-order valence-electron chi connectivity index (χ2n) is 3.73. The SMILES string of the molecule is CCOC(=O)CCC(N)c1c(Cl)cc(Cl)cc1Cl. The number of halogens is 3. The summed E-state index contributed by atoms with van der Waals surface area (Å²) >= 11 is 17.9. The molecule has 0 spiro atoms. The molecule has 0 amide bonds. The lowest BCUT2D eigenvalue weighted by molar-refractivity contribution is -0.143. The predicted octanol–water partition coefficient (Wildman–Crippen LogP) is 3.99. The predicted molar refractivity (Wildman–Crippen MR) is 74.3 cm³/mol. The highest BCUT2D eigenvalue weighted by atomic mass is 35.5. The van der Waals surface area contributed by atoms with Gasteiger partial charge in [-0.1, -0.05) is 34.8 Å². The van der Waals surface area contributed by atoms with Crippen LogP contribution in [0.2, 0.25) is 15.1 Å². The van der Waals surface area contributed by atoms with Crippen LogP contribution in [0.3, 0.4) is 0 Å². The topological polar surface area (TPSA) is 52.3 Å². The van der Waals surface area contributed by atoms with Gasteiger partial charge in [-0.25, -0.2) is 0 Å². The quantitative estimate of drug-likeness (QED) is 0.837. The van der Waals surface area contributed by atoms with Crippen LogP contribution in [0.5, 0.6) is 0 Å². The Morgan fingerprint density at radius 1 is 1.33 bits per heavy atom. The van der Waals surface area contributed by atoms with E-state index >= 15 is 0 Å². The molecule has 0 saturated carbocycles. The van der Waals surface area contributed by atoms with Crippen LogP contribution in [0.25, 0.3) is 0 Å². The first kappa shape index (κ1) is 15.6. The minimum Gasteiger partial charge on any atom is -0.466 e. The summed E-state index contributed by atoms with van der Waals surface area (Å²) in [6, 6.07) is 2.73. The van der Waals surface area contributed by atoms with Gasteiger partial charge in [0.2, 0.25) is 0 Å². The molecular formula is C12H14Cl3NO2. The van der Waals surface area contributed by atoms with E-state index in [0.29, 0.717) is 33.7 Å². The average Bonchev–Trinajstić information content (AvgIpc) is 2.25. The molecule has 1 atom stereocenters. The molecule has 18 heavy (non-hydrogen) atoms. The maximum atomic E-state index is 11.2. The zero-order chi connectivity index (χ0) is 13.7. The maximum absolute atomic E-state index is 11.2. The van der Waals surface area contributed by atoms with E-state index in [9.17, 15) is 4.79 Å². The lowest BCUT2D eigenvalue weighted by Crippen LogP contribution is -2.14. The molecule has 0 bridgehead atoms. The van der Waals surface area contributed by atoms with E-state index in [-0.39, 0.29) is 12.4 Å². The molecule has 6 heteroatoms. The van der Waals surface area contributed by atoms with E-state index in [4.69, 9.17) is 45.3 Å². The number of benzene rings is 1. The summed E-state index contributed by atoms with van der Waals surface area (Å²) in [6.07, 6.45) is 0.643. The second kappa shape index (κ2) is 7.19. The fourth-order valence-corrected chi connectivity index (χ4v) is 2.66. The van der Waals surface area contributed by atoms with Gasteiger partial charge in [0.15, 0.2) is 0 Å². The largest absolute Gasteiger partial charge is 0.466 e. The van der Waals surface area contributed by atoms with Gasteiger partial charge in [0, 0.05) is 33.1 Å². The number of esters is 1. The Morgan fingerprint density at radius 2 is 1.89 bits per heavy atom. The zero-order valence-electron chi connectivity index (χ0n) is 9.88. The smallest absolute Gasteiger partial charge is 0.305 e. The highest BCUT2D eigenvalue weighted by molar-refractivity contribution is 6.39. The third kappa shape index (κ3) is 4.32. The number of rotatable bonds is 5. The first-order valence-corrected chi connectivity index (χ1v) is 6.64. The summed E-state index contributed by atoms with van der Waals surface area (Å²) in [5, 5.41) is 1.26. The van der Waals surface area contributed by atoms with Crippen LogP contribution >= 0.6 is 34.8 Å². The minimum absolute atomic E-state index is 0.226. The van der Waals surface area contributed by atoms with E-state index in [1.807, 2.05) is 0 Å². The van der Waals surface area contributed by atoms with Gasteiger partial charge in [-0.3, -0.25) is 4.79 Å². The van der Waals surface area contributed by atoms with Gasteiger partial charge in [0.1, 0.15) is 0 Å². The van der Waals surface area contributed by atoms with Crippen molar-refractivity contribution in [3.63, 3.8) is 0 Å². The number of ether oxygens (including phenoxy) is 1. The van der Waals surface area contributed by atoms with Crippen molar-refractivity contribution < 1.29 is 9.53 Å². The van der Waals surface area contributed by atoms with Crippen LogP contribution in [-0.4, -0.2) is 12.6 Å². The normalized spacial score (nSPS) is 12.3. The Bertz CT molecular complexity index is 414. The third-order valence-electron chi connectivity index (χ3n) is 2.38. The summed E-state index contributed by atoms with van der Waals surface area (Å²) in [4.78, 5) is 11.2. The molecule has 2 N–H and O–H groups in total. The van der Waals surface area contributed by atoms with Crippen molar-refractivity contribution in [3.8, 4) is 0 Å². The summed E-state index contributed by atoms with van der Waals surface area (Å²) in [6.45, 7) is 2.11. The molecule has 0 aliphatic carbocycles. The van der Waals surface area contributed by atoms with Crippen molar-refractivity contribution in [2.24, 2.45) is 5.73 Å².